The van der Waals surface area contributed by atoms with Crippen LogP contribution in [-0.4, -0.2) is 28.2 Å². The lowest BCUT2D eigenvalue weighted by Crippen LogP contribution is -2.20. The Morgan fingerprint density at radius 1 is 1.30 bits per heavy atom. The quantitative estimate of drug-likeness (QED) is 0.873. The van der Waals surface area contributed by atoms with Gasteiger partial charge in [0.25, 0.3) is 15.2 Å². The van der Waals surface area contributed by atoms with Gasteiger partial charge in [-0.15, -0.1) is 10.2 Å². The van der Waals surface area contributed by atoms with E-state index in [0.29, 0.717) is 18.7 Å². The minimum Gasteiger partial charge on any atom is -0.298 e. The van der Waals surface area contributed by atoms with E-state index in [9.17, 15) is 8.42 Å². The highest BCUT2D eigenvalue weighted by Crippen LogP contribution is 2.16. The summed E-state index contributed by atoms with van der Waals surface area (Å²) in [6.07, 6.45) is 4.77. The van der Waals surface area contributed by atoms with Crippen molar-refractivity contribution in [2.24, 2.45) is 5.14 Å². The Kier molecular flexibility index (Phi) is 4.15. The maximum Gasteiger partial charge on any atom is 0.273 e. The predicted octanol–water partition coefficient (Wildman–Crippen LogP) is 0.687. The van der Waals surface area contributed by atoms with Gasteiger partial charge in [0.1, 0.15) is 5.82 Å². The van der Waals surface area contributed by atoms with Crippen molar-refractivity contribution < 1.29 is 8.42 Å². The van der Waals surface area contributed by atoms with Crippen molar-refractivity contribution in [3.8, 4) is 0 Å². The van der Waals surface area contributed by atoms with Crippen molar-refractivity contribution in [2.75, 3.05) is 0 Å². The van der Waals surface area contributed by atoms with Gasteiger partial charge in [0, 0.05) is 24.9 Å². The number of sulfonamides is 1. The smallest absolute Gasteiger partial charge is 0.273 e. The summed E-state index contributed by atoms with van der Waals surface area (Å²) in [4.78, 5) is 4.04. The van der Waals surface area contributed by atoms with Gasteiger partial charge in [-0.2, -0.15) is 0 Å². The molecule has 0 unspecified atom stereocenters. The van der Waals surface area contributed by atoms with Crippen molar-refractivity contribution >= 4 is 10.0 Å². The SMILES string of the molecule is CC(C)n1c(CCc2cccnc2)nnc1S(N)(=O)=O. The topological polar surface area (TPSA) is 104 Å². The van der Waals surface area contributed by atoms with Crippen molar-refractivity contribution in [1.29, 1.82) is 0 Å². The summed E-state index contributed by atoms with van der Waals surface area (Å²) >= 11 is 0. The van der Waals surface area contributed by atoms with E-state index in [4.69, 9.17) is 5.14 Å². The maximum atomic E-state index is 11.5. The number of aryl methyl sites for hydroxylation is 2. The van der Waals surface area contributed by atoms with E-state index in [1.165, 1.54) is 0 Å². The van der Waals surface area contributed by atoms with Gasteiger partial charge in [-0.1, -0.05) is 6.07 Å². The van der Waals surface area contributed by atoms with E-state index in [1.807, 2.05) is 26.0 Å². The number of nitrogens with zero attached hydrogens (tertiary/aromatic N) is 4. The average Bonchev–Trinajstić information content (AvgIpc) is 2.81. The fourth-order valence-electron chi connectivity index (χ4n) is 1.99. The Morgan fingerprint density at radius 3 is 2.60 bits per heavy atom. The molecule has 0 saturated carbocycles. The molecule has 0 saturated heterocycles. The van der Waals surface area contributed by atoms with Crippen LogP contribution in [0.25, 0.3) is 0 Å². The molecule has 2 N–H and O–H groups in total. The number of hydrogen-bond acceptors (Lipinski definition) is 5. The second-order valence-electron chi connectivity index (χ2n) is 4.77. The lowest BCUT2D eigenvalue weighted by atomic mass is 10.1. The molecule has 0 bridgehead atoms. The van der Waals surface area contributed by atoms with Crippen LogP contribution in [0.4, 0.5) is 0 Å². The summed E-state index contributed by atoms with van der Waals surface area (Å²) in [5.41, 5.74) is 1.06. The molecule has 0 atom stereocenters. The molecular weight excluding hydrogens is 278 g/mol. The number of hydrogen-bond donors (Lipinski definition) is 1. The van der Waals surface area contributed by atoms with Gasteiger partial charge >= 0.3 is 0 Å². The fraction of sp³-hybridized carbons (Fsp3) is 0.417. The van der Waals surface area contributed by atoms with Gasteiger partial charge in [0.15, 0.2) is 0 Å². The predicted molar refractivity (Wildman–Crippen MR) is 73.4 cm³/mol. The third kappa shape index (κ3) is 3.20. The van der Waals surface area contributed by atoms with Crippen LogP contribution in [0.3, 0.4) is 0 Å². The number of primary sulfonamides is 1. The lowest BCUT2D eigenvalue weighted by molar-refractivity contribution is 0.503. The molecule has 20 heavy (non-hydrogen) atoms. The molecular formula is C12H17N5O2S. The molecule has 0 spiro atoms. The molecule has 0 aromatic carbocycles. The zero-order valence-corrected chi connectivity index (χ0v) is 12.2. The van der Waals surface area contributed by atoms with Gasteiger partial charge in [-0.05, 0) is 31.9 Å². The molecule has 0 fully saturated rings. The van der Waals surface area contributed by atoms with Crippen molar-refractivity contribution in [3.63, 3.8) is 0 Å². The Morgan fingerprint density at radius 2 is 2.05 bits per heavy atom. The summed E-state index contributed by atoms with van der Waals surface area (Å²) in [6.45, 7) is 3.73. The molecule has 0 radical (unpaired) electrons. The number of aromatic nitrogens is 4. The lowest BCUT2D eigenvalue weighted by Gasteiger charge is -2.12. The second-order valence-corrected chi connectivity index (χ2v) is 6.22. The van der Waals surface area contributed by atoms with Gasteiger partial charge in [0.05, 0.1) is 0 Å². The Hall–Kier alpha value is -1.80. The van der Waals surface area contributed by atoms with Crippen LogP contribution in [0.5, 0.6) is 0 Å². The van der Waals surface area contributed by atoms with Gasteiger partial charge in [-0.3, -0.25) is 9.55 Å². The molecule has 2 aromatic rings. The molecule has 0 aliphatic carbocycles. The normalized spacial score (nSPS) is 12.0. The minimum atomic E-state index is -3.86. The minimum absolute atomic E-state index is 0.0813. The first-order chi connectivity index (χ1) is 9.39. The molecule has 7 nitrogen and oxygen atoms in total. The largest absolute Gasteiger partial charge is 0.298 e. The van der Waals surface area contributed by atoms with Gasteiger partial charge < -0.3 is 0 Å². The highest BCUT2D eigenvalue weighted by molar-refractivity contribution is 7.89. The third-order valence-electron chi connectivity index (χ3n) is 2.87. The Bertz CT molecular complexity index is 679. The number of pyridine rings is 1. The molecule has 108 valence electrons. The van der Waals surface area contributed by atoms with E-state index in [2.05, 4.69) is 15.2 Å². The van der Waals surface area contributed by atoms with Crippen molar-refractivity contribution in [2.45, 2.75) is 37.9 Å². The van der Waals surface area contributed by atoms with E-state index in [1.54, 1.807) is 17.0 Å². The molecule has 0 aliphatic rings. The fourth-order valence-corrected chi connectivity index (χ4v) is 2.74. The standard InChI is InChI=1S/C12H17N5O2S/c1-9(2)17-11(15-16-12(17)20(13,18)19)6-5-10-4-3-7-14-8-10/h3-4,7-9H,5-6H2,1-2H3,(H2,13,18,19). The van der Waals surface area contributed by atoms with Crippen molar-refractivity contribution in [1.82, 2.24) is 19.7 Å². The zero-order valence-electron chi connectivity index (χ0n) is 11.4. The summed E-state index contributed by atoms with van der Waals surface area (Å²) in [7, 11) is -3.86. The highest BCUT2D eigenvalue weighted by Gasteiger charge is 2.22. The van der Waals surface area contributed by atoms with Gasteiger partial charge in [0.2, 0.25) is 0 Å². The first kappa shape index (κ1) is 14.6. The number of nitrogens with two attached hydrogens (primary N) is 1. The van der Waals surface area contributed by atoms with E-state index in [0.717, 1.165) is 5.56 Å². The first-order valence-electron chi connectivity index (χ1n) is 6.25. The second kappa shape index (κ2) is 5.68. The summed E-state index contributed by atoms with van der Waals surface area (Å²) in [5.74, 6) is 0.605. The van der Waals surface area contributed by atoms with Crippen LogP contribution in [0.1, 0.15) is 31.3 Å². The summed E-state index contributed by atoms with van der Waals surface area (Å²) < 4.78 is 24.5. The molecule has 2 heterocycles. The molecule has 2 aromatic heterocycles. The van der Waals surface area contributed by atoms with Crippen molar-refractivity contribution in [3.05, 3.63) is 35.9 Å². The number of rotatable bonds is 5. The van der Waals surface area contributed by atoms with Crippen LogP contribution in [0.2, 0.25) is 0 Å². The third-order valence-corrected chi connectivity index (χ3v) is 3.65. The van der Waals surface area contributed by atoms with Crippen LogP contribution in [0, 0.1) is 0 Å². The monoisotopic (exact) mass is 295 g/mol. The van der Waals surface area contributed by atoms with Crippen LogP contribution in [-0.2, 0) is 22.9 Å². The molecule has 2 rings (SSSR count). The summed E-state index contributed by atoms with van der Waals surface area (Å²) in [5, 5.41) is 12.6. The van der Waals surface area contributed by atoms with E-state index in [-0.39, 0.29) is 11.2 Å². The van der Waals surface area contributed by atoms with Crippen LogP contribution >= 0.6 is 0 Å². The van der Waals surface area contributed by atoms with E-state index < -0.39 is 10.0 Å². The molecule has 0 aliphatic heterocycles. The van der Waals surface area contributed by atoms with Crippen LogP contribution < -0.4 is 5.14 Å². The summed E-state index contributed by atoms with van der Waals surface area (Å²) in [6, 6.07) is 3.74. The average molecular weight is 295 g/mol. The van der Waals surface area contributed by atoms with E-state index >= 15 is 0 Å². The van der Waals surface area contributed by atoms with Gasteiger partial charge in [-0.25, -0.2) is 13.6 Å². The Balaban J connectivity index is 2.27. The zero-order chi connectivity index (χ0) is 14.8. The maximum absolute atomic E-state index is 11.5. The van der Waals surface area contributed by atoms with Crippen LogP contribution in [0.15, 0.2) is 29.7 Å². The Labute approximate surface area is 117 Å². The molecule has 8 heteroatoms. The molecule has 0 amide bonds. The first-order valence-corrected chi connectivity index (χ1v) is 7.79. The highest BCUT2D eigenvalue weighted by atomic mass is 32.2.